The van der Waals surface area contributed by atoms with Crippen molar-refractivity contribution in [2.75, 3.05) is 24.9 Å². The van der Waals surface area contributed by atoms with Crippen molar-refractivity contribution in [3.05, 3.63) is 77.1 Å². The van der Waals surface area contributed by atoms with Crippen molar-refractivity contribution in [2.24, 2.45) is 0 Å². The molecule has 0 spiro atoms. The molecule has 0 fully saturated rings. The molecular weight excluding hydrogens is 366 g/mol. The van der Waals surface area contributed by atoms with E-state index in [1.807, 2.05) is 50.2 Å². The molecule has 2 N–H and O–H groups in total. The molecule has 0 saturated carbocycles. The van der Waals surface area contributed by atoms with Gasteiger partial charge in [0.2, 0.25) is 0 Å². The van der Waals surface area contributed by atoms with Gasteiger partial charge in [-0.05, 0) is 66.9 Å². The summed E-state index contributed by atoms with van der Waals surface area (Å²) in [6, 6.07) is 15.2. The third-order valence-corrected chi connectivity index (χ3v) is 4.42. The highest BCUT2D eigenvalue weighted by Crippen LogP contribution is 2.27. The number of amides is 1. The minimum atomic E-state index is -0.246. The minimum Gasteiger partial charge on any atom is -0.493 e. The van der Waals surface area contributed by atoms with Crippen molar-refractivity contribution >= 4 is 17.3 Å². The largest absolute Gasteiger partial charge is 0.493 e. The Morgan fingerprint density at radius 3 is 2.31 bits per heavy atom. The number of pyridine rings is 1. The molecule has 29 heavy (non-hydrogen) atoms. The zero-order valence-electron chi connectivity index (χ0n) is 17.1. The summed E-state index contributed by atoms with van der Waals surface area (Å²) in [5, 5.41) is 6.22. The molecule has 1 aromatic heterocycles. The summed E-state index contributed by atoms with van der Waals surface area (Å²) in [4.78, 5) is 16.8. The van der Waals surface area contributed by atoms with Crippen LogP contribution in [0.25, 0.3) is 0 Å². The molecule has 0 aliphatic rings. The van der Waals surface area contributed by atoms with Gasteiger partial charge >= 0.3 is 0 Å². The summed E-state index contributed by atoms with van der Waals surface area (Å²) in [6.07, 6.45) is 1.62. The fourth-order valence-corrected chi connectivity index (χ4v) is 3.10. The summed E-state index contributed by atoms with van der Waals surface area (Å²) in [5.74, 6) is 1.12. The monoisotopic (exact) mass is 391 g/mol. The van der Waals surface area contributed by atoms with Crippen molar-refractivity contribution in [3.8, 4) is 11.5 Å². The smallest absolute Gasteiger partial charge is 0.274 e. The first-order chi connectivity index (χ1) is 14.0. The zero-order valence-corrected chi connectivity index (χ0v) is 17.1. The lowest BCUT2D eigenvalue weighted by Gasteiger charge is -2.12. The Morgan fingerprint density at radius 2 is 1.62 bits per heavy atom. The van der Waals surface area contributed by atoms with Crippen molar-refractivity contribution in [2.45, 2.75) is 20.4 Å². The van der Waals surface area contributed by atoms with Crippen LogP contribution in [0.3, 0.4) is 0 Å². The molecule has 0 saturated heterocycles. The summed E-state index contributed by atoms with van der Waals surface area (Å²) < 4.78 is 10.6. The third kappa shape index (κ3) is 5.25. The van der Waals surface area contributed by atoms with Gasteiger partial charge in [-0.1, -0.05) is 12.1 Å². The Kier molecular flexibility index (Phi) is 6.34. The van der Waals surface area contributed by atoms with E-state index in [0.29, 0.717) is 23.7 Å². The standard InChI is InChI=1S/C23H25N3O3/c1-15-9-16(2)11-19(10-15)26-23(27)20-13-18(7-8-24-20)25-14-17-5-6-21(28-3)22(12-17)29-4/h5-13H,14H2,1-4H3,(H,24,25)(H,26,27). The Morgan fingerprint density at radius 1 is 0.897 bits per heavy atom. The Bertz CT molecular complexity index is 998. The molecule has 0 aliphatic heterocycles. The van der Waals surface area contributed by atoms with Gasteiger partial charge in [0.25, 0.3) is 5.91 Å². The maximum absolute atomic E-state index is 12.6. The lowest BCUT2D eigenvalue weighted by atomic mass is 10.1. The van der Waals surface area contributed by atoms with Crippen LogP contribution < -0.4 is 20.1 Å². The second kappa shape index (κ2) is 9.10. The van der Waals surface area contributed by atoms with Gasteiger partial charge < -0.3 is 20.1 Å². The number of nitrogens with one attached hydrogen (secondary N) is 2. The SMILES string of the molecule is COc1ccc(CNc2ccnc(C(=O)Nc3cc(C)cc(C)c3)c2)cc1OC. The fourth-order valence-electron chi connectivity index (χ4n) is 3.10. The average molecular weight is 391 g/mol. The van der Waals surface area contributed by atoms with Crippen LogP contribution in [0.5, 0.6) is 11.5 Å². The number of ether oxygens (including phenoxy) is 2. The van der Waals surface area contributed by atoms with Gasteiger partial charge in [0.15, 0.2) is 11.5 Å². The number of rotatable bonds is 7. The van der Waals surface area contributed by atoms with Gasteiger partial charge in [-0.25, -0.2) is 0 Å². The second-order valence-corrected chi connectivity index (χ2v) is 6.80. The van der Waals surface area contributed by atoms with E-state index in [1.54, 1.807) is 26.5 Å². The molecule has 1 heterocycles. The highest BCUT2D eigenvalue weighted by Gasteiger charge is 2.10. The number of benzene rings is 2. The molecule has 150 valence electrons. The molecule has 0 aliphatic carbocycles. The van der Waals surface area contributed by atoms with Gasteiger partial charge in [-0.3, -0.25) is 9.78 Å². The Hall–Kier alpha value is -3.54. The summed E-state index contributed by atoms with van der Waals surface area (Å²) >= 11 is 0. The van der Waals surface area contributed by atoms with Crippen LogP contribution in [-0.2, 0) is 6.54 Å². The number of anilines is 2. The van der Waals surface area contributed by atoms with Crippen LogP contribution in [0, 0.1) is 13.8 Å². The first-order valence-electron chi connectivity index (χ1n) is 9.29. The molecule has 3 rings (SSSR count). The van der Waals surface area contributed by atoms with Gasteiger partial charge in [0, 0.05) is 24.1 Å². The normalized spacial score (nSPS) is 10.3. The highest BCUT2D eigenvalue weighted by molar-refractivity contribution is 6.03. The van der Waals surface area contributed by atoms with Crippen LogP contribution in [-0.4, -0.2) is 25.1 Å². The van der Waals surface area contributed by atoms with Gasteiger partial charge in [-0.2, -0.15) is 0 Å². The van der Waals surface area contributed by atoms with Crippen LogP contribution in [0.2, 0.25) is 0 Å². The molecule has 0 unspecified atom stereocenters. The molecule has 3 aromatic rings. The Balaban J connectivity index is 1.68. The summed E-state index contributed by atoms with van der Waals surface area (Å²) in [6.45, 7) is 4.57. The maximum atomic E-state index is 12.6. The molecule has 6 nitrogen and oxygen atoms in total. The number of hydrogen-bond donors (Lipinski definition) is 2. The van der Waals surface area contributed by atoms with Crippen molar-refractivity contribution in [1.82, 2.24) is 4.98 Å². The Labute approximate surface area is 170 Å². The van der Waals surface area contributed by atoms with E-state index in [4.69, 9.17) is 9.47 Å². The summed E-state index contributed by atoms with van der Waals surface area (Å²) in [5.41, 5.74) is 5.14. The first kappa shape index (κ1) is 20.2. The van der Waals surface area contributed by atoms with E-state index < -0.39 is 0 Å². The van der Waals surface area contributed by atoms with Gasteiger partial charge in [-0.15, -0.1) is 0 Å². The lowest BCUT2D eigenvalue weighted by Crippen LogP contribution is -2.14. The predicted molar refractivity (Wildman–Crippen MR) is 115 cm³/mol. The minimum absolute atomic E-state index is 0.246. The number of aryl methyl sites for hydroxylation is 2. The fraction of sp³-hybridized carbons (Fsp3) is 0.217. The maximum Gasteiger partial charge on any atom is 0.274 e. The molecular formula is C23H25N3O3. The van der Waals surface area contributed by atoms with E-state index in [1.165, 1.54) is 0 Å². The number of nitrogens with zero attached hydrogens (tertiary/aromatic N) is 1. The van der Waals surface area contributed by atoms with E-state index in [2.05, 4.69) is 21.7 Å². The van der Waals surface area contributed by atoms with Crippen molar-refractivity contribution < 1.29 is 14.3 Å². The van der Waals surface area contributed by atoms with E-state index >= 15 is 0 Å². The number of methoxy groups -OCH3 is 2. The molecule has 2 aromatic carbocycles. The first-order valence-corrected chi connectivity index (χ1v) is 9.29. The van der Waals surface area contributed by atoms with E-state index in [-0.39, 0.29) is 5.91 Å². The lowest BCUT2D eigenvalue weighted by molar-refractivity contribution is 0.102. The van der Waals surface area contributed by atoms with Gasteiger partial charge in [0.1, 0.15) is 5.69 Å². The highest BCUT2D eigenvalue weighted by atomic mass is 16.5. The molecule has 0 radical (unpaired) electrons. The zero-order chi connectivity index (χ0) is 20.8. The quantitative estimate of drug-likeness (QED) is 0.617. The van der Waals surface area contributed by atoms with Crippen LogP contribution in [0.4, 0.5) is 11.4 Å². The van der Waals surface area contributed by atoms with Gasteiger partial charge in [0.05, 0.1) is 14.2 Å². The summed E-state index contributed by atoms with van der Waals surface area (Å²) in [7, 11) is 3.22. The van der Waals surface area contributed by atoms with Crippen molar-refractivity contribution in [1.29, 1.82) is 0 Å². The van der Waals surface area contributed by atoms with Crippen molar-refractivity contribution in [3.63, 3.8) is 0 Å². The number of carbonyl (C=O) groups is 1. The van der Waals surface area contributed by atoms with Crippen LogP contribution in [0.15, 0.2) is 54.7 Å². The molecule has 0 atom stereocenters. The number of aromatic nitrogens is 1. The molecule has 0 bridgehead atoms. The van der Waals surface area contributed by atoms with Crippen LogP contribution >= 0.6 is 0 Å². The number of carbonyl (C=O) groups excluding carboxylic acids is 1. The topological polar surface area (TPSA) is 72.5 Å². The van der Waals surface area contributed by atoms with E-state index in [9.17, 15) is 4.79 Å². The number of hydrogen-bond acceptors (Lipinski definition) is 5. The van der Waals surface area contributed by atoms with E-state index in [0.717, 1.165) is 28.1 Å². The predicted octanol–water partition coefficient (Wildman–Crippen LogP) is 4.58. The molecule has 1 amide bonds. The third-order valence-electron chi connectivity index (χ3n) is 4.42. The van der Waals surface area contributed by atoms with Crippen LogP contribution in [0.1, 0.15) is 27.2 Å². The second-order valence-electron chi connectivity index (χ2n) is 6.80. The molecule has 6 heteroatoms. The average Bonchev–Trinajstić information content (AvgIpc) is 2.71.